The minimum Gasteiger partial charge on any atom is -0.322 e. The van der Waals surface area contributed by atoms with Crippen LogP contribution in [0.2, 0.25) is 0 Å². The highest BCUT2D eigenvalue weighted by Gasteiger charge is 2.20. The molecule has 7 heteroatoms. The van der Waals surface area contributed by atoms with Crippen LogP contribution in [0.1, 0.15) is 38.2 Å². The second-order valence-corrected chi connectivity index (χ2v) is 8.52. The number of nitrogens with zero attached hydrogens (tertiary/aromatic N) is 2. The fraction of sp³-hybridized carbons (Fsp3) is 0.438. The molecular weight excluding hydrogens is 330 g/mol. The maximum Gasteiger partial charge on any atom is 0.209 e. The highest BCUT2D eigenvalue weighted by atomic mass is 32.2. The summed E-state index contributed by atoms with van der Waals surface area (Å²) in [6.07, 6.45) is 1.16. The fourth-order valence-corrected chi connectivity index (χ4v) is 3.88. The molecule has 0 aliphatic carbocycles. The molecule has 1 heterocycles. The summed E-state index contributed by atoms with van der Waals surface area (Å²) in [5.74, 6) is 1.02. The fourth-order valence-electron chi connectivity index (χ4n) is 2.24. The third-order valence-corrected chi connectivity index (χ3v) is 5.14. The lowest BCUT2D eigenvalue weighted by molar-refractivity contribution is 0.577. The molecule has 2 aromatic rings. The van der Waals surface area contributed by atoms with Crippen LogP contribution in [0.5, 0.6) is 0 Å². The molecule has 0 fully saturated rings. The van der Waals surface area contributed by atoms with Crippen molar-refractivity contribution in [2.75, 3.05) is 6.26 Å². The number of sulfonamides is 1. The van der Waals surface area contributed by atoms with E-state index in [1.807, 2.05) is 25.1 Å². The first-order valence-electron chi connectivity index (χ1n) is 7.58. The number of aromatic nitrogens is 2. The first kappa shape index (κ1) is 18.0. The van der Waals surface area contributed by atoms with Crippen molar-refractivity contribution < 1.29 is 8.42 Å². The maximum atomic E-state index is 11.4. The van der Waals surface area contributed by atoms with Crippen molar-refractivity contribution in [3.05, 3.63) is 41.9 Å². The summed E-state index contributed by atoms with van der Waals surface area (Å²) in [4.78, 5) is 5.84. The van der Waals surface area contributed by atoms with Crippen molar-refractivity contribution in [2.45, 2.75) is 49.7 Å². The van der Waals surface area contributed by atoms with Gasteiger partial charge in [0.2, 0.25) is 10.0 Å². The van der Waals surface area contributed by atoms with Gasteiger partial charge in [0.05, 0.1) is 18.5 Å². The normalized spacial score (nSPS) is 12.0. The molecule has 1 aromatic heterocycles. The average molecular weight is 354 g/mol. The van der Waals surface area contributed by atoms with Crippen molar-refractivity contribution in [1.29, 1.82) is 0 Å². The van der Waals surface area contributed by atoms with Crippen molar-refractivity contribution >= 4 is 21.8 Å². The Balaban J connectivity index is 2.40. The summed E-state index contributed by atoms with van der Waals surface area (Å²) in [6, 6.07) is 10.1. The molecule has 5 nitrogen and oxygen atoms in total. The van der Waals surface area contributed by atoms with E-state index in [0.29, 0.717) is 0 Å². The smallest absolute Gasteiger partial charge is 0.209 e. The molecule has 0 amide bonds. The first-order valence-corrected chi connectivity index (χ1v) is 10.3. The summed E-state index contributed by atoms with van der Waals surface area (Å²) in [5, 5.41) is 1.08. The van der Waals surface area contributed by atoms with Crippen LogP contribution in [0, 0.1) is 0 Å². The second kappa shape index (κ2) is 7.51. The van der Waals surface area contributed by atoms with E-state index in [4.69, 9.17) is 4.98 Å². The number of hydrogen-bond donors (Lipinski definition) is 1. The maximum absolute atomic E-state index is 11.4. The molecule has 1 N–H and O–H groups in total. The minimum absolute atomic E-state index is 0.210. The van der Waals surface area contributed by atoms with Crippen LogP contribution in [-0.4, -0.2) is 24.2 Å². The van der Waals surface area contributed by atoms with Crippen molar-refractivity contribution in [3.63, 3.8) is 0 Å². The average Bonchev–Trinajstić information content (AvgIpc) is 2.83. The molecule has 0 aliphatic heterocycles. The Morgan fingerprint density at radius 2 is 1.91 bits per heavy atom. The number of hydrogen-bond acceptors (Lipinski definition) is 4. The molecule has 2 rings (SSSR count). The van der Waals surface area contributed by atoms with E-state index >= 15 is 0 Å². The molecular formula is C16H23N3O2S2. The molecule has 1 aromatic carbocycles. The van der Waals surface area contributed by atoms with Gasteiger partial charge in [0, 0.05) is 11.4 Å². The Bertz CT molecular complexity index is 753. The van der Waals surface area contributed by atoms with Gasteiger partial charge in [-0.15, -0.1) is 0 Å². The Kier molecular flexibility index (Phi) is 5.89. The highest BCUT2D eigenvalue weighted by molar-refractivity contribution is 7.99. The minimum atomic E-state index is -3.24. The van der Waals surface area contributed by atoms with Crippen LogP contribution in [0.4, 0.5) is 0 Å². The zero-order valence-electron chi connectivity index (χ0n) is 13.9. The third-order valence-electron chi connectivity index (χ3n) is 3.34. The zero-order chi connectivity index (χ0) is 17.0. The largest absolute Gasteiger partial charge is 0.322 e. The molecule has 0 saturated carbocycles. The molecule has 0 spiro atoms. The summed E-state index contributed by atoms with van der Waals surface area (Å²) in [5.41, 5.74) is 1.01. The highest BCUT2D eigenvalue weighted by Crippen LogP contribution is 2.34. The van der Waals surface area contributed by atoms with Crippen LogP contribution in [-0.2, 0) is 23.1 Å². The van der Waals surface area contributed by atoms with Gasteiger partial charge in [-0.2, -0.15) is 0 Å². The van der Waals surface area contributed by atoms with Gasteiger partial charge in [-0.3, -0.25) is 0 Å². The second-order valence-electron chi connectivity index (χ2n) is 5.63. The Morgan fingerprint density at radius 3 is 2.43 bits per heavy atom. The van der Waals surface area contributed by atoms with E-state index in [1.54, 1.807) is 11.8 Å². The quantitative estimate of drug-likeness (QED) is 0.830. The predicted molar refractivity (Wildman–Crippen MR) is 94.2 cm³/mol. The molecule has 0 atom stereocenters. The number of imidazole rings is 1. The SMILES string of the molecule is CCn1c(CNS(C)(=O)=O)nc(C(C)C)c1Sc1ccccc1. The Labute approximate surface area is 142 Å². The van der Waals surface area contributed by atoms with Gasteiger partial charge in [-0.25, -0.2) is 18.1 Å². The van der Waals surface area contributed by atoms with Gasteiger partial charge in [-0.05, 0) is 25.0 Å². The lowest BCUT2D eigenvalue weighted by atomic mass is 10.1. The van der Waals surface area contributed by atoms with Crippen molar-refractivity contribution in [3.8, 4) is 0 Å². The summed E-state index contributed by atoms with van der Waals surface area (Å²) < 4.78 is 27.4. The summed E-state index contributed by atoms with van der Waals surface area (Å²) in [7, 11) is -3.24. The molecule has 0 unspecified atom stereocenters. The molecule has 0 radical (unpaired) electrons. The number of benzene rings is 1. The van der Waals surface area contributed by atoms with Crippen LogP contribution in [0.25, 0.3) is 0 Å². The van der Waals surface area contributed by atoms with E-state index in [-0.39, 0.29) is 12.5 Å². The topological polar surface area (TPSA) is 64.0 Å². The summed E-state index contributed by atoms with van der Waals surface area (Å²) in [6.45, 7) is 7.21. The molecule has 0 saturated heterocycles. The predicted octanol–water partition coefficient (Wildman–Crippen LogP) is 3.23. The van der Waals surface area contributed by atoms with E-state index in [1.165, 1.54) is 0 Å². The molecule has 23 heavy (non-hydrogen) atoms. The first-order chi connectivity index (χ1) is 10.8. The van der Waals surface area contributed by atoms with Crippen molar-refractivity contribution in [1.82, 2.24) is 14.3 Å². The van der Waals surface area contributed by atoms with Gasteiger partial charge in [0.15, 0.2) is 0 Å². The molecule has 126 valence electrons. The van der Waals surface area contributed by atoms with E-state index in [0.717, 1.165) is 34.2 Å². The van der Waals surface area contributed by atoms with E-state index in [2.05, 4.69) is 35.3 Å². The zero-order valence-corrected chi connectivity index (χ0v) is 15.5. The molecule has 0 bridgehead atoms. The van der Waals surface area contributed by atoms with Crippen LogP contribution in [0.3, 0.4) is 0 Å². The number of nitrogens with one attached hydrogen (secondary N) is 1. The van der Waals surface area contributed by atoms with Gasteiger partial charge < -0.3 is 4.57 Å². The Morgan fingerprint density at radius 1 is 1.26 bits per heavy atom. The van der Waals surface area contributed by atoms with E-state index in [9.17, 15) is 8.42 Å². The van der Waals surface area contributed by atoms with Crippen molar-refractivity contribution in [2.24, 2.45) is 0 Å². The van der Waals surface area contributed by atoms with Crippen LogP contribution >= 0.6 is 11.8 Å². The van der Waals surface area contributed by atoms with Gasteiger partial charge in [-0.1, -0.05) is 43.8 Å². The number of rotatable bonds is 7. The Hall–Kier alpha value is -1.31. The monoisotopic (exact) mass is 353 g/mol. The van der Waals surface area contributed by atoms with Gasteiger partial charge in [0.25, 0.3) is 0 Å². The van der Waals surface area contributed by atoms with Crippen LogP contribution < -0.4 is 4.72 Å². The lowest BCUT2D eigenvalue weighted by Gasteiger charge is -2.11. The lowest BCUT2D eigenvalue weighted by Crippen LogP contribution is -2.23. The van der Waals surface area contributed by atoms with Gasteiger partial charge >= 0.3 is 0 Å². The third kappa shape index (κ3) is 4.83. The standard InChI is InChI=1S/C16H23N3O2S2/c1-5-19-14(11-17-23(4,20)21)18-15(12(2)3)16(19)22-13-9-7-6-8-10-13/h6-10,12,17H,5,11H2,1-4H3. The van der Waals surface area contributed by atoms with E-state index < -0.39 is 10.0 Å². The van der Waals surface area contributed by atoms with Gasteiger partial charge in [0.1, 0.15) is 10.9 Å². The molecule has 0 aliphatic rings. The summed E-state index contributed by atoms with van der Waals surface area (Å²) >= 11 is 1.67. The van der Waals surface area contributed by atoms with Crippen LogP contribution in [0.15, 0.2) is 40.3 Å².